The fourth-order valence-corrected chi connectivity index (χ4v) is 2.12. The van der Waals surface area contributed by atoms with Gasteiger partial charge in [-0.3, -0.25) is 4.79 Å². The lowest BCUT2D eigenvalue weighted by molar-refractivity contribution is -0.134. The maximum absolute atomic E-state index is 12.3. The predicted molar refractivity (Wildman–Crippen MR) is 71.8 cm³/mol. The molecule has 5 heteroatoms. The van der Waals surface area contributed by atoms with Gasteiger partial charge in [0.05, 0.1) is 18.2 Å². The molecule has 0 radical (unpaired) electrons. The molecule has 1 aromatic rings. The van der Waals surface area contributed by atoms with E-state index in [0.29, 0.717) is 25.1 Å². The lowest BCUT2D eigenvalue weighted by atomic mass is 10.1. The van der Waals surface area contributed by atoms with Crippen molar-refractivity contribution < 1.29 is 9.53 Å². The summed E-state index contributed by atoms with van der Waals surface area (Å²) in [5, 5.41) is 11.9. The quantitative estimate of drug-likeness (QED) is 0.872. The Balaban J connectivity index is 2.14. The zero-order chi connectivity index (χ0) is 13.7. The summed E-state index contributed by atoms with van der Waals surface area (Å²) in [7, 11) is 1.85. The number of hydrogen-bond acceptors (Lipinski definition) is 4. The van der Waals surface area contributed by atoms with Gasteiger partial charge >= 0.3 is 0 Å². The van der Waals surface area contributed by atoms with E-state index < -0.39 is 6.10 Å². The molecule has 1 saturated heterocycles. The molecule has 0 bridgehead atoms. The molecule has 1 N–H and O–H groups in total. The highest BCUT2D eigenvalue weighted by molar-refractivity contribution is 5.97. The van der Waals surface area contributed by atoms with Crippen LogP contribution in [0, 0.1) is 11.3 Å². The van der Waals surface area contributed by atoms with Crippen molar-refractivity contribution >= 4 is 11.6 Å². The van der Waals surface area contributed by atoms with E-state index in [1.165, 1.54) is 0 Å². The Morgan fingerprint density at radius 2 is 2.42 bits per heavy atom. The van der Waals surface area contributed by atoms with Crippen LogP contribution in [-0.4, -0.2) is 38.8 Å². The van der Waals surface area contributed by atoms with Crippen LogP contribution in [0.25, 0.3) is 0 Å². The highest BCUT2D eigenvalue weighted by atomic mass is 16.5. The third kappa shape index (κ3) is 3.11. The number of amides is 1. The third-order valence-electron chi connectivity index (χ3n) is 3.12. The van der Waals surface area contributed by atoms with Crippen LogP contribution in [0.4, 0.5) is 5.69 Å². The molecular formula is C14H17N3O2. The Labute approximate surface area is 112 Å². The van der Waals surface area contributed by atoms with Crippen LogP contribution in [0.2, 0.25) is 0 Å². The van der Waals surface area contributed by atoms with Crippen LogP contribution in [0.1, 0.15) is 12.0 Å². The molecule has 0 aliphatic carbocycles. The first-order chi connectivity index (χ1) is 9.26. The van der Waals surface area contributed by atoms with E-state index in [0.717, 1.165) is 12.2 Å². The first-order valence-electron chi connectivity index (χ1n) is 6.34. The van der Waals surface area contributed by atoms with Gasteiger partial charge in [0, 0.05) is 12.2 Å². The zero-order valence-corrected chi connectivity index (χ0v) is 10.9. The van der Waals surface area contributed by atoms with Crippen molar-refractivity contribution in [3.63, 3.8) is 0 Å². The van der Waals surface area contributed by atoms with Crippen LogP contribution in [-0.2, 0) is 9.53 Å². The molecule has 1 unspecified atom stereocenters. The van der Waals surface area contributed by atoms with Gasteiger partial charge in [0.25, 0.3) is 5.91 Å². The van der Waals surface area contributed by atoms with Gasteiger partial charge < -0.3 is 15.0 Å². The van der Waals surface area contributed by atoms with Crippen LogP contribution < -0.4 is 10.2 Å². The topological polar surface area (TPSA) is 65.4 Å². The van der Waals surface area contributed by atoms with Crippen molar-refractivity contribution in [3.05, 3.63) is 29.8 Å². The average molecular weight is 259 g/mol. The number of carbonyl (C=O) groups is 1. The molecule has 1 amide bonds. The maximum atomic E-state index is 12.3. The lowest BCUT2D eigenvalue weighted by Crippen LogP contribution is -2.48. The highest BCUT2D eigenvalue weighted by Gasteiger charge is 2.30. The van der Waals surface area contributed by atoms with Gasteiger partial charge in [-0.15, -0.1) is 0 Å². The van der Waals surface area contributed by atoms with Crippen molar-refractivity contribution in [2.24, 2.45) is 0 Å². The molecule has 5 nitrogen and oxygen atoms in total. The molecule has 1 atom stereocenters. The monoisotopic (exact) mass is 259 g/mol. The molecule has 1 aromatic carbocycles. The summed E-state index contributed by atoms with van der Waals surface area (Å²) in [6, 6.07) is 9.19. The largest absolute Gasteiger partial charge is 0.366 e. The summed E-state index contributed by atoms with van der Waals surface area (Å²) < 4.78 is 5.50. The SMILES string of the molecule is CNCCC1OCCN(c2cccc(C#N)c2)C1=O. The Morgan fingerprint density at radius 1 is 1.58 bits per heavy atom. The van der Waals surface area contributed by atoms with Crippen molar-refractivity contribution in [2.45, 2.75) is 12.5 Å². The molecular weight excluding hydrogens is 242 g/mol. The molecule has 1 fully saturated rings. The maximum Gasteiger partial charge on any atom is 0.256 e. The van der Waals surface area contributed by atoms with Gasteiger partial charge in [0.15, 0.2) is 0 Å². The molecule has 0 saturated carbocycles. The average Bonchev–Trinajstić information content (AvgIpc) is 2.46. The normalized spacial score (nSPS) is 19.3. The van der Waals surface area contributed by atoms with E-state index in [1.54, 1.807) is 23.1 Å². The number of nitriles is 1. The van der Waals surface area contributed by atoms with Crippen molar-refractivity contribution in [1.29, 1.82) is 5.26 Å². The van der Waals surface area contributed by atoms with Crippen molar-refractivity contribution in [2.75, 3.05) is 31.6 Å². The summed E-state index contributed by atoms with van der Waals surface area (Å²) in [5.41, 5.74) is 1.32. The predicted octanol–water partition coefficient (Wildman–Crippen LogP) is 0.900. The number of anilines is 1. The Kier molecular flexibility index (Phi) is 4.50. The second-order valence-electron chi connectivity index (χ2n) is 4.40. The van der Waals surface area contributed by atoms with Crippen molar-refractivity contribution in [1.82, 2.24) is 5.32 Å². The van der Waals surface area contributed by atoms with E-state index in [4.69, 9.17) is 10.00 Å². The number of nitrogens with zero attached hydrogens (tertiary/aromatic N) is 2. The highest BCUT2D eigenvalue weighted by Crippen LogP contribution is 2.21. The number of nitrogens with one attached hydrogen (secondary N) is 1. The second-order valence-corrected chi connectivity index (χ2v) is 4.40. The van der Waals surface area contributed by atoms with Crippen molar-refractivity contribution in [3.8, 4) is 6.07 Å². The second kappa shape index (κ2) is 6.32. The van der Waals surface area contributed by atoms with Gasteiger partial charge in [0.1, 0.15) is 6.10 Å². The first kappa shape index (κ1) is 13.5. The summed E-state index contributed by atoms with van der Waals surface area (Å²) in [5.74, 6) is -0.0309. The molecule has 0 spiro atoms. The van der Waals surface area contributed by atoms with E-state index in [2.05, 4.69) is 11.4 Å². The number of carbonyl (C=O) groups excluding carboxylic acids is 1. The Bertz CT molecular complexity index is 496. The lowest BCUT2D eigenvalue weighted by Gasteiger charge is -2.32. The molecule has 0 aromatic heterocycles. The Hall–Kier alpha value is -1.90. The fourth-order valence-electron chi connectivity index (χ4n) is 2.12. The fraction of sp³-hybridized carbons (Fsp3) is 0.429. The van der Waals surface area contributed by atoms with Gasteiger partial charge in [-0.25, -0.2) is 0 Å². The standard InChI is InChI=1S/C14H17N3O2/c1-16-6-5-13-14(18)17(7-8-19-13)12-4-2-3-11(9-12)10-15/h2-4,9,13,16H,5-8H2,1H3. The molecule has 1 aliphatic rings. The van der Waals surface area contributed by atoms with Crippen LogP contribution in [0.3, 0.4) is 0 Å². The summed E-state index contributed by atoms with van der Waals surface area (Å²) in [4.78, 5) is 14.0. The molecule has 2 rings (SSSR count). The summed E-state index contributed by atoms with van der Waals surface area (Å²) >= 11 is 0. The van der Waals surface area contributed by atoms with Crippen LogP contribution in [0.5, 0.6) is 0 Å². The third-order valence-corrected chi connectivity index (χ3v) is 3.12. The van der Waals surface area contributed by atoms with Gasteiger partial charge in [-0.05, 0) is 38.2 Å². The smallest absolute Gasteiger partial charge is 0.256 e. The zero-order valence-electron chi connectivity index (χ0n) is 10.9. The Morgan fingerprint density at radius 3 is 3.16 bits per heavy atom. The minimum atomic E-state index is -0.396. The molecule has 19 heavy (non-hydrogen) atoms. The molecule has 1 aliphatic heterocycles. The minimum Gasteiger partial charge on any atom is -0.366 e. The van der Waals surface area contributed by atoms with Gasteiger partial charge in [-0.1, -0.05) is 6.07 Å². The van der Waals surface area contributed by atoms with Crippen LogP contribution >= 0.6 is 0 Å². The number of hydrogen-bond donors (Lipinski definition) is 1. The molecule has 1 heterocycles. The van der Waals surface area contributed by atoms with Crippen LogP contribution in [0.15, 0.2) is 24.3 Å². The minimum absolute atomic E-state index is 0.0309. The van der Waals surface area contributed by atoms with Gasteiger partial charge in [0.2, 0.25) is 0 Å². The number of morpholine rings is 1. The van der Waals surface area contributed by atoms with E-state index in [-0.39, 0.29) is 5.91 Å². The van der Waals surface area contributed by atoms with E-state index in [9.17, 15) is 4.79 Å². The van der Waals surface area contributed by atoms with E-state index in [1.807, 2.05) is 13.1 Å². The number of benzene rings is 1. The number of ether oxygens (including phenoxy) is 1. The summed E-state index contributed by atoms with van der Waals surface area (Å²) in [6.07, 6.45) is 0.260. The van der Waals surface area contributed by atoms with E-state index >= 15 is 0 Å². The number of rotatable bonds is 4. The first-order valence-corrected chi connectivity index (χ1v) is 6.34. The molecule has 100 valence electrons. The van der Waals surface area contributed by atoms with Gasteiger partial charge in [-0.2, -0.15) is 5.26 Å². The summed E-state index contributed by atoms with van der Waals surface area (Å²) in [6.45, 7) is 1.79.